The Hall–Kier alpha value is -1.36. The number of nitrogens with zero attached hydrogens (tertiary/aromatic N) is 1. The number of hydrogen-bond acceptors (Lipinski definition) is 3. The van der Waals surface area contributed by atoms with E-state index >= 15 is 0 Å². The molecule has 1 aromatic heterocycles. The van der Waals surface area contributed by atoms with Crippen molar-refractivity contribution in [3.63, 3.8) is 0 Å². The van der Waals surface area contributed by atoms with Crippen LogP contribution in [0.25, 0.3) is 0 Å². The van der Waals surface area contributed by atoms with Crippen molar-refractivity contribution < 1.29 is 4.79 Å². The second-order valence-electron chi connectivity index (χ2n) is 4.98. The van der Waals surface area contributed by atoms with Gasteiger partial charge < -0.3 is 10.6 Å². The fourth-order valence-electron chi connectivity index (χ4n) is 2.55. The molecule has 0 unspecified atom stereocenters. The number of hydrogen-bond donors (Lipinski definition) is 3. The molecule has 1 aliphatic carbocycles. The molecule has 18 heavy (non-hydrogen) atoms. The lowest BCUT2D eigenvalue weighted by Crippen LogP contribution is -2.25. The van der Waals surface area contributed by atoms with Gasteiger partial charge in [0.15, 0.2) is 5.82 Å². The highest BCUT2D eigenvalue weighted by Crippen LogP contribution is 2.31. The topological polar surface area (TPSA) is 69.8 Å². The van der Waals surface area contributed by atoms with Crippen LogP contribution < -0.4 is 10.6 Å². The number of nitrogens with one attached hydrogen (secondary N) is 3. The Kier molecular flexibility index (Phi) is 4.75. The molecular weight excluding hydrogens is 228 g/mol. The molecule has 1 amide bonds. The van der Waals surface area contributed by atoms with Gasteiger partial charge in [0.2, 0.25) is 5.91 Å². The molecule has 1 fully saturated rings. The average molecular weight is 250 g/mol. The van der Waals surface area contributed by atoms with Gasteiger partial charge in [0.1, 0.15) is 0 Å². The van der Waals surface area contributed by atoms with Crippen LogP contribution in [-0.4, -0.2) is 29.7 Å². The zero-order chi connectivity index (χ0) is 12.8. The molecule has 0 aliphatic heterocycles. The molecule has 1 aromatic rings. The molecule has 0 aromatic carbocycles. The predicted octanol–water partition coefficient (Wildman–Crippen LogP) is 2.01. The van der Waals surface area contributed by atoms with Gasteiger partial charge in [-0.3, -0.25) is 9.89 Å². The van der Waals surface area contributed by atoms with Gasteiger partial charge in [0, 0.05) is 17.7 Å². The minimum atomic E-state index is -0.0589. The summed E-state index contributed by atoms with van der Waals surface area (Å²) >= 11 is 0. The Balaban J connectivity index is 1.94. The van der Waals surface area contributed by atoms with Crippen molar-refractivity contribution in [2.45, 2.75) is 44.4 Å². The summed E-state index contributed by atoms with van der Waals surface area (Å²) in [6.07, 6.45) is 7.74. The maximum atomic E-state index is 11.4. The zero-order valence-electron chi connectivity index (χ0n) is 11.0. The number of aromatic amines is 1. The van der Waals surface area contributed by atoms with Crippen LogP contribution in [0, 0.1) is 0 Å². The van der Waals surface area contributed by atoms with Crippen LogP contribution in [0.3, 0.4) is 0 Å². The van der Waals surface area contributed by atoms with Crippen LogP contribution in [0.5, 0.6) is 0 Å². The van der Waals surface area contributed by atoms with Crippen molar-refractivity contribution in [2.75, 3.05) is 18.9 Å². The maximum absolute atomic E-state index is 11.4. The number of anilines is 1. The van der Waals surface area contributed by atoms with E-state index in [4.69, 9.17) is 0 Å². The minimum Gasteiger partial charge on any atom is -0.311 e. The van der Waals surface area contributed by atoms with Gasteiger partial charge in [-0.2, -0.15) is 5.10 Å². The SMILES string of the molecule is CNCC(=O)Nc1cc(C2CCCCCC2)[nH]n1. The van der Waals surface area contributed by atoms with E-state index < -0.39 is 0 Å². The van der Waals surface area contributed by atoms with Gasteiger partial charge >= 0.3 is 0 Å². The van der Waals surface area contributed by atoms with Crippen molar-refractivity contribution in [1.82, 2.24) is 15.5 Å². The molecule has 1 heterocycles. The van der Waals surface area contributed by atoms with Crippen LogP contribution in [-0.2, 0) is 4.79 Å². The minimum absolute atomic E-state index is 0.0589. The van der Waals surface area contributed by atoms with Gasteiger partial charge in [0.25, 0.3) is 0 Å². The number of carbonyl (C=O) groups excluding carboxylic acids is 1. The highest BCUT2D eigenvalue weighted by Gasteiger charge is 2.17. The Labute approximate surface area is 108 Å². The third-order valence-corrected chi connectivity index (χ3v) is 3.50. The van der Waals surface area contributed by atoms with Gasteiger partial charge in [-0.15, -0.1) is 0 Å². The second-order valence-corrected chi connectivity index (χ2v) is 4.98. The average Bonchev–Trinajstić information content (AvgIpc) is 2.64. The van der Waals surface area contributed by atoms with Crippen molar-refractivity contribution in [3.8, 4) is 0 Å². The zero-order valence-corrected chi connectivity index (χ0v) is 11.0. The molecule has 0 saturated heterocycles. The standard InChI is InChI=1S/C13H22N4O/c1-14-9-13(18)15-12-8-11(16-17-12)10-6-4-2-3-5-7-10/h8,10,14H,2-7,9H2,1H3,(H2,15,16,17,18). The fraction of sp³-hybridized carbons (Fsp3) is 0.692. The summed E-state index contributed by atoms with van der Waals surface area (Å²) in [5.41, 5.74) is 1.16. The predicted molar refractivity (Wildman–Crippen MR) is 71.6 cm³/mol. The second kappa shape index (κ2) is 6.54. The van der Waals surface area contributed by atoms with Crippen molar-refractivity contribution >= 4 is 11.7 Å². The summed E-state index contributed by atoms with van der Waals surface area (Å²) in [7, 11) is 1.75. The highest BCUT2D eigenvalue weighted by molar-refractivity contribution is 5.91. The summed E-state index contributed by atoms with van der Waals surface area (Å²) < 4.78 is 0. The summed E-state index contributed by atoms with van der Waals surface area (Å²) in [5, 5.41) is 12.8. The Morgan fingerprint density at radius 2 is 2.11 bits per heavy atom. The molecule has 3 N–H and O–H groups in total. The van der Waals surface area contributed by atoms with Crippen molar-refractivity contribution in [2.24, 2.45) is 0 Å². The lowest BCUT2D eigenvalue weighted by atomic mass is 9.97. The largest absolute Gasteiger partial charge is 0.311 e. The molecule has 100 valence electrons. The van der Waals surface area contributed by atoms with Crippen LogP contribution in [0.4, 0.5) is 5.82 Å². The number of carbonyl (C=O) groups is 1. The monoisotopic (exact) mass is 250 g/mol. The van der Waals surface area contributed by atoms with Crippen LogP contribution in [0.2, 0.25) is 0 Å². The fourth-order valence-corrected chi connectivity index (χ4v) is 2.55. The van der Waals surface area contributed by atoms with Crippen LogP contribution >= 0.6 is 0 Å². The maximum Gasteiger partial charge on any atom is 0.239 e. The number of rotatable bonds is 4. The van der Waals surface area contributed by atoms with Gasteiger partial charge in [-0.05, 0) is 19.9 Å². The molecule has 1 saturated carbocycles. The number of likely N-dealkylation sites (N-methyl/N-ethyl adjacent to an activating group) is 1. The van der Waals surface area contributed by atoms with E-state index in [1.165, 1.54) is 38.5 Å². The third-order valence-electron chi connectivity index (χ3n) is 3.50. The van der Waals surface area contributed by atoms with E-state index in [2.05, 4.69) is 20.8 Å². The van der Waals surface area contributed by atoms with Gasteiger partial charge in [-0.1, -0.05) is 25.7 Å². The first-order chi connectivity index (χ1) is 8.79. The lowest BCUT2D eigenvalue weighted by molar-refractivity contribution is -0.115. The molecule has 0 radical (unpaired) electrons. The van der Waals surface area contributed by atoms with Crippen LogP contribution in [0.1, 0.15) is 50.1 Å². The first-order valence-electron chi connectivity index (χ1n) is 6.79. The van der Waals surface area contributed by atoms with Gasteiger partial charge in [0.05, 0.1) is 6.54 Å². The first kappa shape index (κ1) is 13.1. The Morgan fingerprint density at radius 1 is 1.39 bits per heavy atom. The van der Waals surface area contributed by atoms with E-state index in [1.807, 2.05) is 6.07 Å². The number of amides is 1. The van der Waals surface area contributed by atoms with E-state index in [-0.39, 0.29) is 5.91 Å². The summed E-state index contributed by atoms with van der Waals surface area (Å²) in [4.78, 5) is 11.4. The van der Waals surface area contributed by atoms with E-state index in [0.717, 1.165) is 5.69 Å². The molecule has 0 spiro atoms. The Morgan fingerprint density at radius 3 is 2.78 bits per heavy atom. The normalized spacial score (nSPS) is 17.4. The summed E-state index contributed by atoms with van der Waals surface area (Å²) in [6.45, 7) is 0.311. The molecule has 0 atom stereocenters. The Bertz CT molecular complexity index is 380. The quantitative estimate of drug-likeness (QED) is 0.716. The van der Waals surface area contributed by atoms with Gasteiger partial charge in [-0.25, -0.2) is 0 Å². The van der Waals surface area contributed by atoms with E-state index in [1.54, 1.807) is 7.05 Å². The van der Waals surface area contributed by atoms with Crippen molar-refractivity contribution in [1.29, 1.82) is 0 Å². The third kappa shape index (κ3) is 3.57. The lowest BCUT2D eigenvalue weighted by Gasteiger charge is -2.10. The number of H-pyrrole nitrogens is 1. The molecule has 5 nitrogen and oxygen atoms in total. The van der Waals surface area contributed by atoms with E-state index in [0.29, 0.717) is 18.3 Å². The molecule has 2 rings (SSSR count). The summed E-state index contributed by atoms with van der Waals surface area (Å²) in [5.74, 6) is 1.15. The molecule has 0 bridgehead atoms. The highest BCUT2D eigenvalue weighted by atomic mass is 16.2. The van der Waals surface area contributed by atoms with Crippen LogP contribution in [0.15, 0.2) is 6.07 Å². The summed E-state index contributed by atoms with van der Waals surface area (Å²) in [6, 6.07) is 1.98. The van der Waals surface area contributed by atoms with E-state index in [9.17, 15) is 4.79 Å². The molecular formula is C13H22N4O. The first-order valence-corrected chi connectivity index (χ1v) is 6.79. The molecule has 5 heteroatoms. The smallest absolute Gasteiger partial charge is 0.239 e. The van der Waals surface area contributed by atoms with Crippen molar-refractivity contribution in [3.05, 3.63) is 11.8 Å². The molecule has 1 aliphatic rings. The number of aromatic nitrogens is 2.